The van der Waals surface area contributed by atoms with Crippen molar-refractivity contribution in [2.75, 3.05) is 31.1 Å². The zero-order chi connectivity index (χ0) is 15.7. The lowest BCUT2D eigenvalue weighted by Gasteiger charge is -2.35. The second-order valence-corrected chi connectivity index (χ2v) is 8.60. The number of amides is 1. The lowest BCUT2D eigenvalue weighted by molar-refractivity contribution is -0.135. The topological polar surface area (TPSA) is 96.6 Å². The van der Waals surface area contributed by atoms with Crippen LogP contribution in [0.1, 0.15) is 25.7 Å². The van der Waals surface area contributed by atoms with Crippen LogP contribution in [0.4, 0.5) is 5.13 Å². The van der Waals surface area contributed by atoms with Gasteiger partial charge in [0.2, 0.25) is 15.9 Å². The molecular weight excluding hydrogens is 324 g/mol. The average molecular weight is 344 g/mol. The van der Waals surface area contributed by atoms with Crippen LogP contribution in [0.2, 0.25) is 0 Å². The summed E-state index contributed by atoms with van der Waals surface area (Å²) >= 11 is 1.08. The normalized spacial score (nSPS) is 20.6. The number of rotatable bonds is 3. The van der Waals surface area contributed by atoms with Crippen molar-refractivity contribution >= 4 is 32.4 Å². The van der Waals surface area contributed by atoms with Crippen molar-refractivity contribution in [2.24, 2.45) is 11.1 Å². The molecule has 3 rings (SSSR count). The van der Waals surface area contributed by atoms with Crippen molar-refractivity contribution in [3.05, 3.63) is 6.20 Å². The van der Waals surface area contributed by atoms with E-state index in [1.54, 1.807) is 0 Å². The summed E-state index contributed by atoms with van der Waals surface area (Å²) in [4.78, 5) is 20.5. The Bertz CT molecular complexity index is 644. The summed E-state index contributed by atoms with van der Waals surface area (Å²) in [5.41, 5.74) is 0. The molecule has 1 aromatic heterocycles. The molecule has 9 heteroatoms. The number of carbonyl (C=O) groups is 1. The fourth-order valence-corrected chi connectivity index (χ4v) is 4.67. The lowest BCUT2D eigenvalue weighted by Crippen LogP contribution is -2.50. The van der Waals surface area contributed by atoms with Gasteiger partial charge < -0.3 is 9.80 Å². The smallest absolute Gasteiger partial charge is 0.249 e. The first kappa shape index (κ1) is 15.7. The molecule has 1 aliphatic heterocycles. The Labute approximate surface area is 134 Å². The van der Waals surface area contributed by atoms with E-state index < -0.39 is 10.0 Å². The SMILES string of the molecule is NS(=O)(=O)c1cnc(N2CCN(C(=O)C3CCCC3)CC2)s1. The molecule has 0 spiro atoms. The Morgan fingerprint density at radius 2 is 1.86 bits per heavy atom. The number of carbonyl (C=O) groups excluding carboxylic acids is 1. The number of primary sulfonamides is 1. The molecule has 2 N–H and O–H groups in total. The first-order chi connectivity index (χ1) is 10.4. The first-order valence-corrected chi connectivity index (χ1v) is 9.84. The monoisotopic (exact) mass is 344 g/mol. The molecule has 1 aliphatic carbocycles. The number of thiazole rings is 1. The van der Waals surface area contributed by atoms with Gasteiger partial charge in [-0.2, -0.15) is 0 Å². The van der Waals surface area contributed by atoms with Crippen molar-refractivity contribution in [1.29, 1.82) is 0 Å². The van der Waals surface area contributed by atoms with Gasteiger partial charge in [0.15, 0.2) is 9.34 Å². The summed E-state index contributed by atoms with van der Waals surface area (Å²) in [5.74, 6) is 0.488. The third-order valence-corrected chi connectivity index (χ3v) is 6.78. The van der Waals surface area contributed by atoms with Gasteiger partial charge in [0.05, 0.1) is 6.20 Å². The van der Waals surface area contributed by atoms with Gasteiger partial charge in [-0.05, 0) is 12.8 Å². The molecule has 0 aromatic carbocycles. The minimum atomic E-state index is -3.69. The molecule has 0 bridgehead atoms. The number of hydrogen-bond donors (Lipinski definition) is 1. The van der Waals surface area contributed by atoms with E-state index >= 15 is 0 Å². The van der Waals surface area contributed by atoms with Gasteiger partial charge in [-0.3, -0.25) is 4.79 Å². The number of nitrogens with two attached hydrogens (primary N) is 1. The van der Waals surface area contributed by atoms with Gasteiger partial charge in [-0.1, -0.05) is 24.2 Å². The van der Waals surface area contributed by atoms with Gasteiger partial charge >= 0.3 is 0 Å². The third kappa shape index (κ3) is 3.26. The van der Waals surface area contributed by atoms with E-state index in [1.165, 1.54) is 6.20 Å². The maximum atomic E-state index is 12.4. The molecule has 1 amide bonds. The van der Waals surface area contributed by atoms with Gasteiger partial charge in [0.1, 0.15) is 0 Å². The van der Waals surface area contributed by atoms with Crippen molar-refractivity contribution < 1.29 is 13.2 Å². The molecule has 22 heavy (non-hydrogen) atoms. The fourth-order valence-electron chi connectivity index (χ4n) is 3.08. The quantitative estimate of drug-likeness (QED) is 0.867. The number of anilines is 1. The van der Waals surface area contributed by atoms with Crippen molar-refractivity contribution in [3.63, 3.8) is 0 Å². The number of aromatic nitrogens is 1. The molecule has 0 unspecified atom stereocenters. The summed E-state index contributed by atoms with van der Waals surface area (Å²) in [6.07, 6.45) is 5.65. The van der Waals surface area contributed by atoms with Crippen molar-refractivity contribution in [2.45, 2.75) is 29.9 Å². The van der Waals surface area contributed by atoms with Crippen LogP contribution in [-0.2, 0) is 14.8 Å². The lowest BCUT2D eigenvalue weighted by atomic mass is 10.1. The van der Waals surface area contributed by atoms with E-state index in [2.05, 4.69) is 4.98 Å². The molecular formula is C13H20N4O3S2. The molecule has 1 saturated heterocycles. The van der Waals surface area contributed by atoms with Crippen LogP contribution in [-0.4, -0.2) is 50.4 Å². The van der Waals surface area contributed by atoms with Crippen molar-refractivity contribution in [3.8, 4) is 0 Å². The van der Waals surface area contributed by atoms with Crippen LogP contribution in [0.15, 0.2) is 10.4 Å². The minimum Gasteiger partial charge on any atom is -0.345 e. The summed E-state index contributed by atoms with van der Waals surface area (Å²) in [7, 11) is -3.69. The molecule has 122 valence electrons. The number of nitrogens with zero attached hydrogens (tertiary/aromatic N) is 3. The van der Waals surface area contributed by atoms with Crippen molar-refractivity contribution in [1.82, 2.24) is 9.88 Å². The van der Waals surface area contributed by atoms with Crippen LogP contribution in [0.3, 0.4) is 0 Å². The van der Waals surface area contributed by atoms with Gasteiger partial charge in [0, 0.05) is 32.1 Å². The van der Waals surface area contributed by atoms with Crippen LogP contribution < -0.4 is 10.0 Å². The van der Waals surface area contributed by atoms with E-state index in [0.29, 0.717) is 31.3 Å². The van der Waals surface area contributed by atoms with Crippen LogP contribution in [0.5, 0.6) is 0 Å². The van der Waals surface area contributed by atoms with Gasteiger partial charge in [-0.25, -0.2) is 18.5 Å². The number of piperazine rings is 1. The van der Waals surface area contributed by atoms with E-state index in [0.717, 1.165) is 37.0 Å². The Hall–Kier alpha value is -1.19. The van der Waals surface area contributed by atoms with Gasteiger partial charge in [0.25, 0.3) is 0 Å². The summed E-state index contributed by atoms with van der Waals surface area (Å²) < 4.78 is 22.7. The minimum absolute atomic E-state index is 0.0759. The highest BCUT2D eigenvalue weighted by atomic mass is 32.2. The maximum absolute atomic E-state index is 12.4. The average Bonchev–Trinajstić information content (AvgIpc) is 3.17. The van der Waals surface area contributed by atoms with Crippen LogP contribution >= 0.6 is 11.3 Å². The molecule has 2 aliphatic rings. The maximum Gasteiger partial charge on any atom is 0.249 e. The Morgan fingerprint density at radius 1 is 1.23 bits per heavy atom. The molecule has 0 radical (unpaired) electrons. The number of sulfonamides is 1. The highest BCUT2D eigenvalue weighted by Crippen LogP contribution is 2.29. The first-order valence-electron chi connectivity index (χ1n) is 7.47. The molecule has 0 atom stereocenters. The molecule has 7 nitrogen and oxygen atoms in total. The Balaban J connectivity index is 1.59. The van der Waals surface area contributed by atoms with Gasteiger partial charge in [-0.15, -0.1) is 0 Å². The standard InChI is InChI=1S/C13H20N4O3S2/c14-22(19,20)11-9-15-13(21-11)17-7-5-16(6-8-17)12(18)10-3-1-2-4-10/h9-10H,1-8H2,(H2,14,19,20). The summed E-state index contributed by atoms with van der Waals surface area (Å²) in [6, 6.07) is 0. The number of hydrogen-bond acceptors (Lipinski definition) is 6. The molecule has 2 heterocycles. The Morgan fingerprint density at radius 3 is 2.41 bits per heavy atom. The van der Waals surface area contributed by atoms with Crippen LogP contribution in [0.25, 0.3) is 0 Å². The predicted molar refractivity (Wildman–Crippen MR) is 84.2 cm³/mol. The second kappa shape index (κ2) is 6.13. The highest BCUT2D eigenvalue weighted by Gasteiger charge is 2.30. The molecule has 1 saturated carbocycles. The van der Waals surface area contributed by atoms with E-state index in [9.17, 15) is 13.2 Å². The molecule has 2 fully saturated rings. The summed E-state index contributed by atoms with van der Waals surface area (Å²) in [6.45, 7) is 2.69. The second-order valence-electron chi connectivity index (χ2n) is 5.80. The largest absolute Gasteiger partial charge is 0.345 e. The zero-order valence-electron chi connectivity index (χ0n) is 12.3. The van der Waals surface area contributed by atoms with Crippen LogP contribution in [0, 0.1) is 5.92 Å². The third-order valence-electron chi connectivity index (χ3n) is 4.32. The Kier molecular flexibility index (Phi) is 4.37. The van der Waals surface area contributed by atoms with E-state index in [4.69, 9.17) is 5.14 Å². The zero-order valence-corrected chi connectivity index (χ0v) is 13.9. The van der Waals surface area contributed by atoms with E-state index in [1.807, 2.05) is 9.80 Å². The summed E-state index contributed by atoms with van der Waals surface area (Å²) in [5, 5.41) is 5.75. The highest BCUT2D eigenvalue weighted by molar-refractivity contribution is 7.91. The van der Waals surface area contributed by atoms with E-state index in [-0.39, 0.29) is 16.0 Å². The predicted octanol–water partition coefficient (Wildman–Crippen LogP) is 0.629. The molecule has 1 aromatic rings. The fraction of sp³-hybridized carbons (Fsp3) is 0.692.